The Balaban J connectivity index is 2.24. The monoisotopic (exact) mass is 385 g/mol. The van der Waals surface area contributed by atoms with Crippen LogP contribution in [0, 0.1) is 0 Å². The van der Waals surface area contributed by atoms with Gasteiger partial charge in [-0.25, -0.2) is 14.6 Å². The van der Waals surface area contributed by atoms with Gasteiger partial charge in [-0.15, -0.1) is 0 Å². The molecule has 0 aliphatic heterocycles. The summed E-state index contributed by atoms with van der Waals surface area (Å²) < 4.78 is 56.3. The van der Waals surface area contributed by atoms with Gasteiger partial charge in [-0.3, -0.25) is 0 Å². The topological polar surface area (TPSA) is 84.0 Å². The summed E-state index contributed by atoms with van der Waals surface area (Å²) in [6.07, 6.45) is -3.42. The summed E-state index contributed by atoms with van der Waals surface area (Å²) in [6.45, 7) is -1.61. The van der Waals surface area contributed by atoms with Crippen LogP contribution >= 0.6 is 0 Å². The standard InChI is InChI=1S/C17H14F3NO6/c1-24-13-8-10(15(22)25-2)5-6-12(13)27-16(23)11-4-3-7-21-14(11)26-9-17(18,19)20/h3-8H,9H2,1-2H3. The molecule has 7 nitrogen and oxygen atoms in total. The summed E-state index contributed by atoms with van der Waals surface area (Å²) in [5.74, 6) is -2.16. The lowest BCUT2D eigenvalue weighted by Gasteiger charge is -2.13. The second-order valence-corrected chi connectivity index (χ2v) is 5.01. The van der Waals surface area contributed by atoms with Crippen LogP contribution in [0.5, 0.6) is 17.4 Å². The van der Waals surface area contributed by atoms with Crippen LogP contribution in [-0.4, -0.2) is 43.9 Å². The van der Waals surface area contributed by atoms with E-state index in [1.807, 2.05) is 0 Å². The third-order valence-electron chi connectivity index (χ3n) is 3.15. The molecule has 2 aromatic rings. The van der Waals surface area contributed by atoms with Crippen LogP contribution in [0.4, 0.5) is 13.2 Å². The van der Waals surface area contributed by atoms with E-state index in [1.165, 1.54) is 50.7 Å². The van der Waals surface area contributed by atoms with E-state index in [2.05, 4.69) is 14.5 Å². The SMILES string of the molecule is COC(=O)c1ccc(OC(=O)c2cccnc2OCC(F)(F)F)c(OC)c1. The normalized spacial score (nSPS) is 10.9. The molecule has 1 aromatic heterocycles. The highest BCUT2D eigenvalue weighted by Crippen LogP contribution is 2.30. The van der Waals surface area contributed by atoms with E-state index >= 15 is 0 Å². The third kappa shape index (κ3) is 5.33. The summed E-state index contributed by atoms with van der Waals surface area (Å²) >= 11 is 0. The van der Waals surface area contributed by atoms with E-state index in [-0.39, 0.29) is 22.6 Å². The van der Waals surface area contributed by atoms with Crippen molar-refractivity contribution in [2.24, 2.45) is 0 Å². The van der Waals surface area contributed by atoms with E-state index in [1.54, 1.807) is 0 Å². The van der Waals surface area contributed by atoms with Crippen molar-refractivity contribution in [2.45, 2.75) is 6.18 Å². The maximum atomic E-state index is 12.3. The second kappa shape index (κ2) is 8.39. The Labute approximate surface area is 151 Å². The molecule has 0 saturated heterocycles. The quantitative estimate of drug-likeness (QED) is 0.558. The molecule has 0 N–H and O–H groups in total. The Bertz CT molecular complexity index is 838. The highest BCUT2D eigenvalue weighted by molar-refractivity contribution is 5.94. The zero-order chi connectivity index (χ0) is 20.0. The Morgan fingerprint density at radius 1 is 1.07 bits per heavy atom. The molecule has 0 aliphatic carbocycles. The molecule has 1 aromatic carbocycles. The number of alkyl halides is 3. The van der Waals surface area contributed by atoms with Gasteiger partial charge in [0.1, 0.15) is 5.56 Å². The molecular formula is C17H14F3NO6. The number of pyridine rings is 1. The van der Waals surface area contributed by atoms with E-state index in [0.717, 1.165) is 0 Å². The summed E-state index contributed by atoms with van der Waals surface area (Å²) in [4.78, 5) is 27.5. The smallest absolute Gasteiger partial charge is 0.422 e. The molecule has 0 fully saturated rings. The van der Waals surface area contributed by atoms with Crippen LogP contribution in [0.3, 0.4) is 0 Å². The van der Waals surface area contributed by atoms with Crippen molar-refractivity contribution in [3.05, 3.63) is 47.7 Å². The molecule has 0 aliphatic rings. The lowest BCUT2D eigenvalue weighted by molar-refractivity contribution is -0.154. The van der Waals surface area contributed by atoms with Gasteiger partial charge in [0, 0.05) is 6.20 Å². The highest BCUT2D eigenvalue weighted by Gasteiger charge is 2.30. The molecule has 27 heavy (non-hydrogen) atoms. The first-order valence-corrected chi connectivity index (χ1v) is 7.38. The molecule has 144 valence electrons. The van der Waals surface area contributed by atoms with Gasteiger partial charge in [0.05, 0.1) is 19.8 Å². The van der Waals surface area contributed by atoms with Crippen LogP contribution in [0.2, 0.25) is 0 Å². The fourth-order valence-electron chi connectivity index (χ4n) is 1.96. The average Bonchev–Trinajstić information content (AvgIpc) is 2.65. The van der Waals surface area contributed by atoms with Crippen molar-refractivity contribution in [3.8, 4) is 17.4 Å². The molecule has 10 heteroatoms. The molecule has 0 amide bonds. The number of esters is 2. The number of carbonyl (C=O) groups excluding carboxylic acids is 2. The summed E-state index contributed by atoms with van der Waals surface area (Å²) in [5.41, 5.74) is -0.148. The van der Waals surface area contributed by atoms with Crippen LogP contribution in [0.25, 0.3) is 0 Å². The average molecular weight is 385 g/mol. The van der Waals surface area contributed by atoms with E-state index < -0.39 is 30.6 Å². The Kier molecular flexibility index (Phi) is 6.22. The number of hydrogen-bond donors (Lipinski definition) is 0. The summed E-state index contributed by atoms with van der Waals surface area (Å²) in [5, 5.41) is 0. The van der Waals surface area contributed by atoms with Gasteiger partial charge in [0.15, 0.2) is 18.1 Å². The van der Waals surface area contributed by atoms with Crippen molar-refractivity contribution < 1.29 is 41.7 Å². The number of nitrogens with zero attached hydrogens (tertiary/aromatic N) is 1. The largest absolute Gasteiger partial charge is 0.493 e. The van der Waals surface area contributed by atoms with Gasteiger partial charge in [0.2, 0.25) is 5.88 Å². The minimum atomic E-state index is -4.59. The number of aromatic nitrogens is 1. The van der Waals surface area contributed by atoms with E-state index in [0.29, 0.717) is 0 Å². The maximum absolute atomic E-state index is 12.3. The first-order chi connectivity index (χ1) is 12.7. The first kappa shape index (κ1) is 20.0. The number of carbonyl (C=O) groups is 2. The Hall–Kier alpha value is -3.30. The number of methoxy groups -OCH3 is 2. The van der Waals surface area contributed by atoms with Crippen molar-refractivity contribution in [3.63, 3.8) is 0 Å². The predicted octanol–water partition coefficient (Wildman–Crippen LogP) is 3.04. The van der Waals surface area contributed by atoms with Crippen molar-refractivity contribution >= 4 is 11.9 Å². The Morgan fingerprint density at radius 3 is 2.44 bits per heavy atom. The number of hydrogen-bond acceptors (Lipinski definition) is 7. The Morgan fingerprint density at radius 2 is 1.81 bits per heavy atom. The van der Waals surface area contributed by atoms with Gasteiger partial charge >= 0.3 is 18.1 Å². The third-order valence-corrected chi connectivity index (χ3v) is 3.15. The number of ether oxygens (including phenoxy) is 4. The molecule has 0 saturated carbocycles. The molecule has 0 spiro atoms. The summed E-state index contributed by atoms with van der Waals surface area (Å²) in [7, 11) is 2.49. The molecule has 0 atom stereocenters. The minimum Gasteiger partial charge on any atom is -0.493 e. The van der Waals surface area contributed by atoms with Gasteiger partial charge in [-0.05, 0) is 30.3 Å². The fourth-order valence-corrected chi connectivity index (χ4v) is 1.96. The fraction of sp³-hybridized carbons (Fsp3) is 0.235. The maximum Gasteiger partial charge on any atom is 0.422 e. The molecule has 0 unspecified atom stereocenters. The lowest BCUT2D eigenvalue weighted by atomic mass is 10.2. The van der Waals surface area contributed by atoms with Crippen LogP contribution in [-0.2, 0) is 4.74 Å². The second-order valence-electron chi connectivity index (χ2n) is 5.01. The van der Waals surface area contributed by atoms with Crippen LogP contribution in [0.1, 0.15) is 20.7 Å². The first-order valence-electron chi connectivity index (χ1n) is 7.38. The molecule has 1 heterocycles. The highest BCUT2D eigenvalue weighted by atomic mass is 19.4. The van der Waals surface area contributed by atoms with Crippen LogP contribution in [0.15, 0.2) is 36.5 Å². The molecule has 0 bridgehead atoms. The van der Waals surface area contributed by atoms with Crippen molar-refractivity contribution in [1.29, 1.82) is 0 Å². The zero-order valence-corrected chi connectivity index (χ0v) is 14.2. The van der Waals surface area contributed by atoms with Crippen molar-refractivity contribution in [1.82, 2.24) is 4.98 Å². The van der Waals surface area contributed by atoms with Gasteiger partial charge in [-0.2, -0.15) is 13.2 Å². The lowest BCUT2D eigenvalue weighted by Crippen LogP contribution is -2.21. The minimum absolute atomic E-state index is 0.0490. The molecular weight excluding hydrogens is 371 g/mol. The predicted molar refractivity (Wildman–Crippen MR) is 85.1 cm³/mol. The summed E-state index contributed by atoms with van der Waals surface area (Å²) in [6, 6.07) is 6.46. The number of benzene rings is 1. The molecule has 0 radical (unpaired) electrons. The zero-order valence-electron chi connectivity index (χ0n) is 14.2. The van der Waals surface area contributed by atoms with Gasteiger partial charge in [0.25, 0.3) is 0 Å². The van der Waals surface area contributed by atoms with E-state index in [9.17, 15) is 22.8 Å². The number of halogens is 3. The van der Waals surface area contributed by atoms with Crippen molar-refractivity contribution in [2.75, 3.05) is 20.8 Å². The van der Waals surface area contributed by atoms with Crippen LogP contribution < -0.4 is 14.2 Å². The van der Waals surface area contributed by atoms with E-state index in [4.69, 9.17) is 9.47 Å². The van der Waals surface area contributed by atoms with Gasteiger partial charge in [-0.1, -0.05) is 0 Å². The number of rotatable bonds is 6. The molecule has 2 rings (SSSR count). The van der Waals surface area contributed by atoms with Gasteiger partial charge < -0.3 is 18.9 Å².